The summed E-state index contributed by atoms with van der Waals surface area (Å²) < 4.78 is 38.1. The summed E-state index contributed by atoms with van der Waals surface area (Å²) in [5, 5.41) is 2.67. The molecule has 0 atom stereocenters. The lowest BCUT2D eigenvalue weighted by Gasteiger charge is -2.26. The summed E-state index contributed by atoms with van der Waals surface area (Å²) in [6, 6.07) is 12.3. The van der Waals surface area contributed by atoms with Crippen LogP contribution in [0.25, 0.3) is 0 Å². The Kier molecular flexibility index (Phi) is 6.95. The van der Waals surface area contributed by atoms with Gasteiger partial charge >= 0.3 is 6.18 Å². The predicted molar refractivity (Wildman–Crippen MR) is 106 cm³/mol. The highest BCUT2D eigenvalue weighted by atomic mass is 19.4. The Morgan fingerprint density at radius 1 is 1.03 bits per heavy atom. The Morgan fingerprint density at radius 2 is 1.76 bits per heavy atom. The van der Waals surface area contributed by atoms with Gasteiger partial charge in [-0.1, -0.05) is 36.5 Å². The number of likely N-dealkylation sites (tertiary alicyclic amines) is 1. The maximum absolute atomic E-state index is 12.7. The van der Waals surface area contributed by atoms with Crippen LogP contribution in [0, 0.1) is 11.8 Å². The van der Waals surface area contributed by atoms with Crippen LogP contribution >= 0.6 is 0 Å². The number of hydrogen-bond acceptors (Lipinski definition) is 2. The zero-order chi connectivity index (χ0) is 20.7. The van der Waals surface area contributed by atoms with Crippen molar-refractivity contribution >= 4 is 5.91 Å². The molecule has 3 nitrogen and oxygen atoms in total. The molecule has 0 unspecified atom stereocenters. The van der Waals surface area contributed by atoms with Crippen LogP contribution < -0.4 is 5.32 Å². The molecule has 0 bridgehead atoms. The van der Waals surface area contributed by atoms with Gasteiger partial charge in [0.15, 0.2) is 0 Å². The second-order valence-corrected chi connectivity index (χ2v) is 7.10. The molecule has 3 rings (SSSR count). The van der Waals surface area contributed by atoms with Crippen LogP contribution in [0.1, 0.15) is 46.3 Å². The first-order chi connectivity index (χ1) is 13.9. The third-order valence-electron chi connectivity index (χ3n) is 4.83. The van der Waals surface area contributed by atoms with Gasteiger partial charge < -0.3 is 5.32 Å². The van der Waals surface area contributed by atoms with E-state index in [0.29, 0.717) is 5.56 Å². The predicted octanol–water partition coefficient (Wildman–Crippen LogP) is 4.47. The van der Waals surface area contributed by atoms with Gasteiger partial charge in [-0.05, 0) is 61.8 Å². The van der Waals surface area contributed by atoms with Gasteiger partial charge in [0.1, 0.15) is 0 Å². The quantitative estimate of drug-likeness (QED) is 0.768. The van der Waals surface area contributed by atoms with E-state index in [0.717, 1.165) is 31.8 Å². The zero-order valence-electron chi connectivity index (χ0n) is 16.1. The Labute approximate surface area is 168 Å². The minimum atomic E-state index is -4.40. The second kappa shape index (κ2) is 9.62. The molecular weight excluding hydrogens is 377 g/mol. The first-order valence-electron chi connectivity index (χ1n) is 9.67. The molecule has 2 aromatic carbocycles. The highest BCUT2D eigenvalue weighted by Crippen LogP contribution is 2.29. The maximum atomic E-state index is 12.7. The molecule has 0 aromatic heterocycles. The van der Waals surface area contributed by atoms with E-state index in [1.54, 1.807) is 12.1 Å². The van der Waals surface area contributed by atoms with Crippen LogP contribution in [-0.4, -0.2) is 30.4 Å². The Balaban J connectivity index is 1.50. The maximum Gasteiger partial charge on any atom is 0.416 e. The number of piperidine rings is 1. The van der Waals surface area contributed by atoms with E-state index < -0.39 is 11.7 Å². The third-order valence-corrected chi connectivity index (χ3v) is 4.83. The zero-order valence-corrected chi connectivity index (χ0v) is 16.1. The van der Waals surface area contributed by atoms with Crippen LogP contribution in [0.15, 0.2) is 48.5 Å². The topological polar surface area (TPSA) is 32.3 Å². The number of hydrogen-bond donors (Lipinski definition) is 1. The lowest BCUT2D eigenvalue weighted by atomic mass is 10.1. The van der Waals surface area contributed by atoms with Crippen LogP contribution in [-0.2, 0) is 12.7 Å². The number of nitrogens with one attached hydrogen (secondary N) is 1. The molecule has 152 valence electrons. The van der Waals surface area contributed by atoms with E-state index in [9.17, 15) is 18.0 Å². The van der Waals surface area contributed by atoms with Gasteiger partial charge in [0.25, 0.3) is 5.91 Å². The molecule has 0 spiro atoms. The molecule has 6 heteroatoms. The summed E-state index contributed by atoms with van der Waals surface area (Å²) in [7, 11) is 0. The van der Waals surface area contributed by atoms with Gasteiger partial charge in [0, 0.05) is 17.7 Å². The van der Waals surface area contributed by atoms with Crippen molar-refractivity contribution < 1.29 is 18.0 Å². The number of alkyl halides is 3. The number of nitrogens with zero attached hydrogens (tertiary/aromatic N) is 1. The third kappa shape index (κ3) is 6.37. The monoisotopic (exact) mass is 400 g/mol. The summed E-state index contributed by atoms with van der Waals surface area (Å²) in [4.78, 5) is 14.6. The van der Waals surface area contributed by atoms with Gasteiger partial charge in [0.05, 0.1) is 12.1 Å². The van der Waals surface area contributed by atoms with Gasteiger partial charge in [-0.2, -0.15) is 13.2 Å². The number of halogens is 3. The van der Waals surface area contributed by atoms with Gasteiger partial charge in [-0.3, -0.25) is 9.69 Å². The molecule has 0 saturated carbocycles. The molecule has 1 N–H and O–H groups in total. The van der Waals surface area contributed by atoms with Crippen molar-refractivity contribution in [1.82, 2.24) is 10.2 Å². The molecule has 1 fully saturated rings. The van der Waals surface area contributed by atoms with Crippen LogP contribution in [0.2, 0.25) is 0 Å². The molecule has 1 heterocycles. The van der Waals surface area contributed by atoms with Crippen molar-refractivity contribution in [3.63, 3.8) is 0 Å². The molecule has 1 saturated heterocycles. The van der Waals surface area contributed by atoms with Crippen LogP contribution in [0.4, 0.5) is 13.2 Å². The summed E-state index contributed by atoms with van der Waals surface area (Å²) in [5.74, 6) is 5.08. The summed E-state index contributed by atoms with van der Waals surface area (Å²) in [5.41, 5.74) is 1.23. The molecule has 29 heavy (non-hydrogen) atoms. The molecule has 2 aromatic rings. The van der Waals surface area contributed by atoms with Crippen molar-refractivity contribution in [2.24, 2.45) is 0 Å². The van der Waals surface area contributed by atoms with Crippen LogP contribution in [0.5, 0.6) is 0 Å². The number of amides is 1. The fraction of sp³-hybridized carbons (Fsp3) is 0.348. The number of carbonyl (C=O) groups excluding carboxylic acids is 1. The smallest absolute Gasteiger partial charge is 0.341 e. The summed E-state index contributed by atoms with van der Waals surface area (Å²) >= 11 is 0. The standard InChI is InChI=1S/C23H23F3N2O/c24-23(25,26)21-8-4-6-18(16-21)7-5-13-27-22(29)20-11-9-19(10-12-20)17-28-14-2-1-3-15-28/h4,6,8-12,16H,1-3,13-15,17H2,(H,27,29). The number of carbonyl (C=O) groups is 1. The first kappa shape index (κ1) is 20.9. The number of rotatable bonds is 4. The Morgan fingerprint density at radius 3 is 2.45 bits per heavy atom. The van der Waals surface area contributed by atoms with E-state index in [1.165, 1.54) is 37.0 Å². The molecule has 1 amide bonds. The van der Waals surface area contributed by atoms with Crippen molar-refractivity contribution in [2.45, 2.75) is 32.0 Å². The molecule has 1 aliphatic rings. The fourth-order valence-electron chi connectivity index (χ4n) is 3.28. The van der Waals surface area contributed by atoms with E-state index in [1.807, 2.05) is 12.1 Å². The van der Waals surface area contributed by atoms with Crippen molar-refractivity contribution in [1.29, 1.82) is 0 Å². The van der Waals surface area contributed by atoms with E-state index >= 15 is 0 Å². The minimum Gasteiger partial charge on any atom is -0.341 e. The average molecular weight is 400 g/mol. The lowest BCUT2D eigenvalue weighted by molar-refractivity contribution is -0.137. The first-order valence-corrected chi connectivity index (χ1v) is 9.67. The fourth-order valence-corrected chi connectivity index (χ4v) is 3.28. The molecule has 1 aliphatic heterocycles. The van der Waals surface area contributed by atoms with Crippen LogP contribution in [0.3, 0.4) is 0 Å². The summed E-state index contributed by atoms with van der Waals surface area (Å²) in [6.45, 7) is 3.19. The normalized spacial score (nSPS) is 14.7. The lowest BCUT2D eigenvalue weighted by Crippen LogP contribution is -2.29. The Bertz CT molecular complexity index is 889. The van der Waals surface area contributed by atoms with Gasteiger partial charge in [-0.25, -0.2) is 0 Å². The van der Waals surface area contributed by atoms with E-state index in [4.69, 9.17) is 0 Å². The van der Waals surface area contributed by atoms with E-state index in [2.05, 4.69) is 22.1 Å². The van der Waals surface area contributed by atoms with Gasteiger partial charge in [0.2, 0.25) is 0 Å². The van der Waals surface area contributed by atoms with Crippen molar-refractivity contribution in [3.05, 3.63) is 70.8 Å². The molecular formula is C23H23F3N2O. The Hall–Kier alpha value is -2.78. The van der Waals surface area contributed by atoms with Crippen molar-refractivity contribution in [3.8, 4) is 11.8 Å². The molecule has 0 radical (unpaired) electrons. The minimum absolute atomic E-state index is 0.0601. The molecule has 0 aliphatic carbocycles. The van der Waals surface area contributed by atoms with Crippen molar-refractivity contribution in [2.75, 3.05) is 19.6 Å². The largest absolute Gasteiger partial charge is 0.416 e. The van der Waals surface area contributed by atoms with Gasteiger partial charge in [-0.15, -0.1) is 0 Å². The summed E-state index contributed by atoms with van der Waals surface area (Å²) in [6.07, 6.45) is -0.623. The second-order valence-electron chi connectivity index (χ2n) is 7.10. The van der Waals surface area contributed by atoms with E-state index in [-0.39, 0.29) is 18.0 Å². The SMILES string of the molecule is O=C(NCC#Cc1cccc(C(F)(F)F)c1)c1ccc(CN2CCCCC2)cc1. The average Bonchev–Trinajstić information content (AvgIpc) is 2.72. The number of benzene rings is 2. The highest BCUT2D eigenvalue weighted by Gasteiger charge is 2.30. The highest BCUT2D eigenvalue weighted by molar-refractivity contribution is 5.94.